The van der Waals surface area contributed by atoms with Crippen molar-refractivity contribution in [2.75, 3.05) is 0 Å². The van der Waals surface area contributed by atoms with Gasteiger partial charge in [0.15, 0.2) is 5.82 Å². The lowest BCUT2D eigenvalue weighted by atomic mass is 10.0. The van der Waals surface area contributed by atoms with Crippen LogP contribution in [0.3, 0.4) is 0 Å². The van der Waals surface area contributed by atoms with E-state index in [1.807, 2.05) is 36.4 Å². The Morgan fingerprint density at radius 2 is 1.12 bits per heavy atom. The van der Waals surface area contributed by atoms with Gasteiger partial charge in [-0.1, -0.05) is 115 Å². The van der Waals surface area contributed by atoms with E-state index in [0.717, 1.165) is 61.2 Å². The van der Waals surface area contributed by atoms with E-state index >= 15 is 0 Å². The molecule has 0 aliphatic carbocycles. The minimum absolute atomic E-state index is 0.660. The number of hydrogen-bond acceptors (Lipinski definition) is 3. The molecule has 3 heterocycles. The normalized spacial score (nSPS) is 11.8. The third-order valence-electron chi connectivity index (χ3n) is 9.38. The van der Waals surface area contributed by atoms with Crippen LogP contribution in [0.4, 0.5) is 0 Å². The molecule has 3 aromatic heterocycles. The number of hydrogen-bond donors (Lipinski definition) is 0. The zero-order valence-electron chi connectivity index (χ0n) is 25.8. The summed E-state index contributed by atoms with van der Waals surface area (Å²) in [6.45, 7) is 0. The maximum absolute atomic E-state index is 6.45. The van der Waals surface area contributed by atoms with Crippen LogP contribution in [-0.4, -0.2) is 14.5 Å². The summed E-state index contributed by atoms with van der Waals surface area (Å²) in [5.41, 5.74) is 9.67. The first-order valence-corrected chi connectivity index (χ1v) is 16.2. The molecule has 4 nitrogen and oxygen atoms in total. The molecule has 7 aromatic carbocycles. The van der Waals surface area contributed by atoms with Gasteiger partial charge in [-0.25, -0.2) is 9.97 Å². The van der Waals surface area contributed by atoms with Crippen molar-refractivity contribution in [2.45, 2.75) is 0 Å². The van der Waals surface area contributed by atoms with Crippen LogP contribution in [0.2, 0.25) is 0 Å². The Hall–Kier alpha value is -6.52. The summed E-state index contributed by atoms with van der Waals surface area (Å²) < 4.78 is 8.80. The molecule has 0 bridgehead atoms. The Morgan fingerprint density at radius 3 is 2.02 bits per heavy atom. The second-order valence-electron chi connectivity index (χ2n) is 12.2. The van der Waals surface area contributed by atoms with Gasteiger partial charge >= 0.3 is 0 Å². The summed E-state index contributed by atoms with van der Waals surface area (Å²) in [7, 11) is 0. The molecule has 4 heteroatoms. The van der Waals surface area contributed by atoms with Gasteiger partial charge in [0.2, 0.25) is 0 Å². The van der Waals surface area contributed by atoms with Gasteiger partial charge < -0.3 is 8.98 Å². The van der Waals surface area contributed by atoms with Crippen LogP contribution < -0.4 is 0 Å². The minimum atomic E-state index is 0.660. The van der Waals surface area contributed by atoms with Crippen molar-refractivity contribution in [3.8, 4) is 39.6 Å². The van der Waals surface area contributed by atoms with Crippen molar-refractivity contribution in [3.05, 3.63) is 164 Å². The van der Waals surface area contributed by atoms with Crippen LogP contribution in [0.15, 0.2) is 168 Å². The first kappa shape index (κ1) is 26.7. The summed E-state index contributed by atoms with van der Waals surface area (Å²) >= 11 is 0. The summed E-state index contributed by atoms with van der Waals surface area (Å²) in [6.07, 6.45) is 0. The number of rotatable bonds is 4. The van der Waals surface area contributed by atoms with Crippen LogP contribution >= 0.6 is 0 Å². The SMILES string of the molecule is c1ccc(-c2cc(-c3cccc4c3oc3ccccc34)nc(-c3cccc(-n4c5ccccc5c5cc6ccccc6cc54)c3)n2)cc1. The number of para-hydroxylation sites is 3. The fourth-order valence-electron chi connectivity index (χ4n) is 7.14. The second kappa shape index (κ2) is 10.5. The average molecular weight is 614 g/mol. The third kappa shape index (κ3) is 4.16. The zero-order chi connectivity index (χ0) is 31.6. The molecular formula is C44H27N3O. The van der Waals surface area contributed by atoms with E-state index in [-0.39, 0.29) is 0 Å². The molecule has 0 amide bonds. The van der Waals surface area contributed by atoms with Crippen molar-refractivity contribution in [3.63, 3.8) is 0 Å². The van der Waals surface area contributed by atoms with E-state index in [1.165, 1.54) is 27.1 Å². The molecule has 0 fully saturated rings. The highest BCUT2D eigenvalue weighted by Crippen LogP contribution is 2.38. The van der Waals surface area contributed by atoms with Gasteiger partial charge in [-0.2, -0.15) is 0 Å². The smallest absolute Gasteiger partial charge is 0.160 e. The first-order valence-electron chi connectivity index (χ1n) is 16.2. The lowest BCUT2D eigenvalue weighted by Gasteiger charge is -2.12. The van der Waals surface area contributed by atoms with Gasteiger partial charge in [0.25, 0.3) is 0 Å². The standard InChI is InChI=1S/C44H27N3O/c1-2-12-28(13-3-1)38-27-39(36-21-11-20-35-34-19-7-9-23-42(34)48-43(35)36)46-44(45-38)31-16-10-17-32(24-31)47-40-22-8-6-18-33(40)37-25-29-14-4-5-15-30(29)26-41(37)47/h1-27H. The molecule has 0 N–H and O–H groups in total. The zero-order valence-corrected chi connectivity index (χ0v) is 25.8. The topological polar surface area (TPSA) is 43.9 Å². The van der Waals surface area contributed by atoms with E-state index in [2.05, 4.69) is 132 Å². The molecule has 0 aliphatic heterocycles. The molecule has 0 atom stereocenters. The summed E-state index contributed by atoms with van der Waals surface area (Å²) in [4.78, 5) is 10.4. The van der Waals surface area contributed by atoms with Gasteiger partial charge in [-0.15, -0.1) is 0 Å². The fraction of sp³-hybridized carbons (Fsp3) is 0. The molecule has 0 aliphatic rings. The molecule has 0 saturated carbocycles. The van der Waals surface area contributed by atoms with Gasteiger partial charge in [0.1, 0.15) is 11.2 Å². The molecule has 48 heavy (non-hydrogen) atoms. The highest BCUT2D eigenvalue weighted by Gasteiger charge is 2.18. The van der Waals surface area contributed by atoms with Gasteiger partial charge in [0, 0.05) is 43.9 Å². The minimum Gasteiger partial charge on any atom is -0.455 e. The monoisotopic (exact) mass is 613 g/mol. The molecule has 0 saturated heterocycles. The van der Waals surface area contributed by atoms with Crippen molar-refractivity contribution in [2.24, 2.45) is 0 Å². The van der Waals surface area contributed by atoms with Crippen molar-refractivity contribution in [1.82, 2.24) is 14.5 Å². The Morgan fingerprint density at radius 1 is 0.438 bits per heavy atom. The molecule has 0 unspecified atom stereocenters. The number of nitrogens with zero attached hydrogens (tertiary/aromatic N) is 3. The third-order valence-corrected chi connectivity index (χ3v) is 9.38. The lowest BCUT2D eigenvalue weighted by Crippen LogP contribution is -1.98. The Balaban J connectivity index is 1.20. The van der Waals surface area contributed by atoms with Crippen LogP contribution in [0.1, 0.15) is 0 Å². The summed E-state index contributed by atoms with van der Waals surface area (Å²) in [5, 5.41) is 7.09. The largest absolute Gasteiger partial charge is 0.455 e. The van der Waals surface area contributed by atoms with Gasteiger partial charge in [-0.3, -0.25) is 0 Å². The van der Waals surface area contributed by atoms with E-state index < -0.39 is 0 Å². The first-order chi connectivity index (χ1) is 23.8. The maximum Gasteiger partial charge on any atom is 0.160 e. The molecule has 224 valence electrons. The summed E-state index contributed by atoms with van der Waals surface area (Å²) in [5.74, 6) is 0.660. The Bertz CT molecular complexity index is 2840. The fourth-order valence-corrected chi connectivity index (χ4v) is 7.14. The molecule has 0 radical (unpaired) electrons. The highest BCUT2D eigenvalue weighted by molar-refractivity contribution is 6.14. The van der Waals surface area contributed by atoms with Crippen molar-refractivity contribution in [1.29, 1.82) is 0 Å². The summed E-state index contributed by atoms with van der Waals surface area (Å²) in [6, 6.07) is 57.2. The Labute approximate surface area is 276 Å². The maximum atomic E-state index is 6.45. The van der Waals surface area contributed by atoms with Crippen LogP contribution in [-0.2, 0) is 0 Å². The predicted molar refractivity (Wildman–Crippen MR) is 197 cm³/mol. The average Bonchev–Trinajstić information content (AvgIpc) is 3.69. The van der Waals surface area contributed by atoms with Gasteiger partial charge in [-0.05, 0) is 59.3 Å². The molecular weight excluding hydrogens is 587 g/mol. The van der Waals surface area contributed by atoms with E-state index in [9.17, 15) is 0 Å². The molecule has 10 aromatic rings. The van der Waals surface area contributed by atoms with Gasteiger partial charge in [0.05, 0.1) is 22.4 Å². The van der Waals surface area contributed by atoms with Crippen LogP contribution in [0, 0.1) is 0 Å². The quantitative estimate of drug-likeness (QED) is 0.198. The molecule has 0 spiro atoms. The predicted octanol–water partition coefficient (Wildman–Crippen LogP) is 11.6. The van der Waals surface area contributed by atoms with Crippen molar-refractivity contribution < 1.29 is 4.42 Å². The van der Waals surface area contributed by atoms with E-state index in [4.69, 9.17) is 14.4 Å². The molecule has 10 rings (SSSR count). The van der Waals surface area contributed by atoms with Crippen LogP contribution in [0.25, 0.3) is 94.1 Å². The van der Waals surface area contributed by atoms with E-state index in [0.29, 0.717) is 5.82 Å². The number of benzene rings is 7. The second-order valence-corrected chi connectivity index (χ2v) is 12.2. The van der Waals surface area contributed by atoms with Crippen molar-refractivity contribution >= 4 is 54.5 Å². The van der Waals surface area contributed by atoms with E-state index in [1.54, 1.807) is 0 Å². The lowest BCUT2D eigenvalue weighted by molar-refractivity contribution is 0.670. The number of fused-ring (bicyclic) bond motifs is 7. The number of aromatic nitrogens is 3. The Kier molecular flexibility index (Phi) is 5.84. The van der Waals surface area contributed by atoms with Crippen LogP contribution in [0.5, 0.6) is 0 Å². The highest BCUT2D eigenvalue weighted by atomic mass is 16.3. The number of furan rings is 1.